The lowest BCUT2D eigenvalue weighted by Crippen LogP contribution is -2.56. The molecule has 0 aliphatic carbocycles. The van der Waals surface area contributed by atoms with E-state index in [1.807, 2.05) is 0 Å². The molecule has 2 atom stereocenters. The molecule has 0 amide bonds. The molecule has 3 aliphatic rings. The number of benzene rings is 1. The molecule has 3 heteroatoms. The highest BCUT2D eigenvalue weighted by Crippen LogP contribution is 2.40. The van der Waals surface area contributed by atoms with Gasteiger partial charge in [-0.15, -0.1) is 0 Å². The van der Waals surface area contributed by atoms with Crippen molar-refractivity contribution in [1.82, 2.24) is 4.98 Å². The van der Waals surface area contributed by atoms with E-state index in [0.29, 0.717) is 12.2 Å². The number of hydrogen-bond donors (Lipinski definition) is 0. The number of fused-ring (bicyclic) bond motifs is 2. The fourth-order valence-electron chi connectivity index (χ4n) is 4.59. The molecule has 5 rings (SSSR count). The van der Waals surface area contributed by atoms with E-state index in [-0.39, 0.29) is 0 Å². The standard InChI is InChI=1S/C20H25N3/c1-13-11-14(2)21-15(3)20(13)23-16(4)22-10-9-18(23)12-17-7-5-6-8-19(17)22/h5-8,11,16,18H,9-10,12H2,1-4H3. The Bertz CT molecular complexity index is 727. The molecule has 3 nitrogen and oxygen atoms in total. The summed E-state index contributed by atoms with van der Waals surface area (Å²) in [4.78, 5) is 9.94. The van der Waals surface area contributed by atoms with Crippen LogP contribution < -0.4 is 9.80 Å². The largest absolute Gasteiger partial charge is 0.351 e. The van der Waals surface area contributed by atoms with Gasteiger partial charge in [0.05, 0.1) is 17.5 Å². The molecular formula is C20H25N3. The summed E-state index contributed by atoms with van der Waals surface area (Å²) in [5, 5.41) is 0. The molecule has 2 aromatic rings. The fraction of sp³-hybridized carbons (Fsp3) is 0.450. The van der Waals surface area contributed by atoms with E-state index in [4.69, 9.17) is 4.98 Å². The molecule has 2 unspecified atom stereocenters. The molecule has 3 aliphatic heterocycles. The number of rotatable bonds is 1. The molecule has 1 aromatic heterocycles. The minimum atomic E-state index is 0.374. The molecule has 4 heterocycles. The summed E-state index contributed by atoms with van der Waals surface area (Å²) in [7, 11) is 0. The van der Waals surface area contributed by atoms with Crippen LogP contribution in [0, 0.1) is 20.8 Å². The SMILES string of the molecule is Cc1cc(C)c(N2C3CCN(c4ccccc4C3)C2C)c(C)n1. The van der Waals surface area contributed by atoms with Crippen LogP contribution in [-0.2, 0) is 6.42 Å². The highest BCUT2D eigenvalue weighted by atomic mass is 15.4. The zero-order valence-electron chi connectivity index (χ0n) is 14.5. The molecular weight excluding hydrogens is 282 g/mol. The Morgan fingerprint density at radius 1 is 1.13 bits per heavy atom. The van der Waals surface area contributed by atoms with Crippen LogP contribution in [-0.4, -0.2) is 23.7 Å². The lowest BCUT2D eigenvalue weighted by Gasteiger charge is -2.47. The van der Waals surface area contributed by atoms with Crippen molar-refractivity contribution in [2.75, 3.05) is 16.3 Å². The Hall–Kier alpha value is -2.03. The van der Waals surface area contributed by atoms with Crippen molar-refractivity contribution in [2.24, 2.45) is 0 Å². The van der Waals surface area contributed by atoms with E-state index in [1.54, 1.807) is 0 Å². The van der Waals surface area contributed by atoms with Gasteiger partial charge in [-0.1, -0.05) is 18.2 Å². The van der Waals surface area contributed by atoms with Gasteiger partial charge in [-0.2, -0.15) is 0 Å². The summed E-state index contributed by atoms with van der Waals surface area (Å²) < 4.78 is 0. The monoisotopic (exact) mass is 307 g/mol. The van der Waals surface area contributed by atoms with Crippen molar-refractivity contribution in [2.45, 2.75) is 52.7 Å². The molecule has 1 aromatic carbocycles. The Morgan fingerprint density at radius 3 is 2.70 bits per heavy atom. The van der Waals surface area contributed by atoms with Crippen LogP contribution >= 0.6 is 0 Å². The maximum absolute atomic E-state index is 4.75. The van der Waals surface area contributed by atoms with Crippen LogP contribution in [0.2, 0.25) is 0 Å². The third-order valence-corrected chi connectivity index (χ3v) is 5.45. The van der Waals surface area contributed by atoms with Crippen LogP contribution in [0.1, 0.15) is 35.9 Å². The molecule has 2 bridgehead atoms. The topological polar surface area (TPSA) is 19.4 Å². The Balaban J connectivity index is 1.84. The molecule has 0 radical (unpaired) electrons. The number of pyridine rings is 1. The molecule has 1 fully saturated rings. The van der Waals surface area contributed by atoms with Crippen LogP contribution in [0.5, 0.6) is 0 Å². The van der Waals surface area contributed by atoms with Crippen LogP contribution in [0.4, 0.5) is 11.4 Å². The third-order valence-electron chi connectivity index (χ3n) is 5.45. The van der Waals surface area contributed by atoms with E-state index in [0.717, 1.165) is 24.4 Å². The number of anilines is 2. The van der Waals surface area contributed by atoms with Crippen LogP contribution in [0.15, 0.2) is 30.3 Å². The number of aromatic nitrogens is 1. The van der Waals surface area contributed by atoms with Gasteiger partial charge in [-0.05, 0) is 63.8 Å². The molecule has 120 valence electrons. The van der Waals surface area contributed by atoms with Gasteiger partial charge in [0.15, 0.2) is 0 Å². The summed E-state index contributed by atoms with van der Waals surface area (Å²) in [5.41, 5.74) is 7.86. The summed E-state index contributed by atoms with van der Waals surface area (Å²) in [5.74, 6) is 0. The van der Waals surface area contributed by atoms with Gasteiger partial charge in [0, 0.05) is 24.0 Å². The van der Waals surface area contributed by atoms with E-state index < -0.39 is 0 Å². The van der Waals surface area contributed by atoms with Crippen molar-refractivity contribution < 1.29 is 0 Å². The first-order chi connectivity index (χ1) is 11.1. The van der Waals surface area contributed by atoms with Gasteiger partial charge in [-0.25, -0.2) is 0 Å². The Labute approximate surface area is 139 Å². The van der Waals surface area contributed by atoms with Crippen molar-refractivity contribution in [3.63, 3.8) is 0 Å². The maximum atomic E-state index is 4.75. The average molecular weight is 307 g/mol. The summed E-state index contributed by atoms with van der Waals surface area (Å²) in [6.07, 6.45) is 2.72. The average Bonchev–Trinajstić information content (AvgIpc) is 2.74. The summed E-state index contributed by atoms with van der Waals surface area (Å²) >= 11 is 0. The Morgan fingerprint density at radius 2 is 1.91 bits per heavy atom. The van der Waals surface area contributed by atoms with Gasteiger partial charge in [0.2, 0.25) is 0 Å². The van der Waals surface area contributed by atoms with Gasteiger partial charge in [0.25, 0.3) is 0 Å². The van der Waals surface area contributed by atoms with E-state index in [2.05, 4.69) is 67.8 Å². The highest BCUT2D eigenvalue weighted by Gasteiger charge is 2.38. The van der Waals surface area contributed by atoms with Gasteiger partial charge in [0.1, 0.15) is 0 Å². The van der Waals surface area contributed by atoms with Crippen molar-refractivity contribution in [3.05, 3.63) is 52.8 Å². The first-order valence-electron chi connectivity index (χ1n) is 8.64. The predicted octanol–water partition coefficient (Wildman–Crippen LogP) is 3.99. The fourth-order valence-corrected chi connectivity index (χ4v) is 4.59. The third kappa shape index (κ3) is 2.21. The van der Waals surface area contributed by atoms with E-state index >= 15 is 0 Å². The van der Waals surface area contributed by atoms with Crippen molar-refractivity contribution in [3.8, 4) is 0 Å². The lowest BCUT2D eigenvalue weighted by molar-refractivity contribution is 0.433. The van der Waals surface area contributed by atoms with Gasteiger partial charge < -0.3 is 9.80 Å². The smallest absolute Gasteiger partial charge is 0.0990 e. The van der Waals surface area contributed by atoms with Crippen LogP contribution in [0.25, 0.3) is 0 Å². The zero-order chi connectivity index (χ0) is 16.1. The quantitative estimate of drug-likeness (QED) is 0.794. The minimum absolute atomic E-state index is 0.374. The number of para-hydroxylation sites is 1. The lowest BCUT2D eigenvalue weighted by atomic mass is 9.99. The molecule has 23 heavy (non-hydrogen) atoms. The Kier molecular flexibility index (Phi) is 3.33. The maximum Gasteiger partial charge on any atom is 0.0990 e. The molecule has 0 saturated carbocycles. The van der Waals surface area contributed by atoms with E-state index in [9.17, 15) is 0 Å². The minimum Gasteiger partial charge on any atom is -0.351 e. The molecule has 0 spiro atoms. The predicted molar refractivity (Wildman–Crippen MR) is 96.3 cm³/mol. The molecule has 0 N–H and O–H groups in total. The summed E-state index contributed by atoms with van der Waals surface area (Å²) in [6, 6.07) is 11.7. The van der Waals surface area contributed by atoms with Crippen molar-refractivity contribution in [1.29, 1.82) is 0 Å². The number of hydrogen-bond acceptors (Lipinski definition) is 3. The number of nitrogens with zero attached hydrogens (tertiary/aromatic N) is 3. The van der Waals surface area contributed by atoms with Crippen LogP contribution in [0.3, 0.4) is 0 Å². The second-order valence-corrected chi connectivity index (χ2v) is 7.02. The highest BCUT2D eigenvalue weighted by molar-refractivity contribution is 5.65. The van der Waals surface area contributed by atoms with Gasteiger partial charge in [-0.3, -0.25) is 4.98 Å². The zero-order valence-corrected chi connectivity index (χ0v) is 14.5. The molecule has 1 saturated heterocycles. The second-order valence-electron chi connectivity index (χ2n) is 7.02. The first kappa shape index (κ1) is 14.6. The first-order valence-corrected chi connectivity index (χ1v) is 8.64. The van der Waals surface area contributed by atoms with E-state index in [1.165, 1.54) is 28.9 Å². The second kappa shape index (κ2) is 5.26. The van der Waals surface area contributed by atoms with Gasteiger partial charge >= 0.3 is 0 Å². The summed E-state index contributed by atoms with van der Waals surface area (Å²) in [6.45, 7) is 9.96. The van der Waals surface area contributed by atoms with Crippen molar-refractivity contribution >= 4 is 11.4 Å². The number of aryl methyl sites for hydroxylation is 3. The normalized spacial score (nSPS) is 23.0.